The molecule has 120 valence electrons. The van der Waals surface area contributed by atoms with Crippen molar-refractivity contribution in [1.82, 2.24) is 5.32 Å². The second-order valence-electron chi connectivity index (χ2n) is 4.82. The molecule has 0 aliphatic carbocycles. The summed E-state index contributed by atoms with van der Waals surface area (Å²) >= 11 is 3.30. The topological polar surface area (TPSA) is 66.4 Å². The quantitative estimate of drug-likeness (QED) is 0.833. The number of carbonyl (C=O) groups excluding carboxylic acids is 1. The number of amides is 1. The second kappa shape index (κ2) is 7.32. The number of aliphatic carboxylic acids is 1. The van der Waals surface area contributed by atoms with Crippen LogP contribution in [-0.4, -0.2) is 23.0 Å². The Hall–Kier alpha value is -2.28. The number of carbonyl (C=O) groups is 2. The van der Waals surface area contributed by atoms with Crippen LogP contribution in [-0.2, 0) is 11.2 Å². The molecule has 0 aliphatic rings. The van der Waals surface area contributed by atoms with Crippen LogP contribution < -0.4 is 5.32 Å². The highest BCUT2D eigenvalue weighted by Crippen LogP contribution is 2.18. The molecule has 2 aromatic carbocycles. The number of hydrogen-bond donors (Lipinski definition) is 2. The van der Waals surface area contributed by atoms with Gasteiger partial charge >= 0.3 is 5.97 Å². The van der Waals surface area contributed by atoms with E-state index in [0.29, 0.717) is 16.1 Å². The van der Waals surface area contributed by atoms with Crippen molar-refractivity contribution in [3.05, 3.63) is 69.7 Å². The van der Waals surface area contributed by atoms with Crippen LogP contribution in [0.5, 0.6) is 0 Å². The molecule has 0 saturated heterocycles. The van der Waals surface area contributed by atoms with Crippen molar-refractivity contribution in [2.45, 2.75) is 12.5 Å². The predicted octanol–water partition coefficient (Wildman–Crippen LogP) is 3.15. The van der Waals surface area contributed by atoms with Gasteiger partial charge in [0.2, 0.25) is 0 Å². The lowest BCUT2D eigenvalue weighted by Crippen LogP contribution is -2.42. The lowest BCUT2D eigenvalue weighted by Gasteiger charge is -2.15. The van der Waals surface area contributed by atoms with Crippen LogP contribution in [0.2, 0.25) is 0 Å². The second-order valence-corrected chi connectivity index (χ2v) is 5.67. The summed E-state index contributed by atoms with van der Waals surface area (Å²) in [4.78, 5) is 23.4. The monoisotopic (exact) mass is 383 g/mol. The fourth-order valence-corrected chi connectivity index (χ4v) is 2.46. The molecule has 0 fully saturated rings. The Labute approximate surface area is 139 Å². The molecule has 0 aromatic heterocycles. The number of nitrogens with one attached hydrogen (secondary N) is 1. The van der Waals surface area contributed by atoms with Gasteiger partial charge in [-0.25, -0.2) is 13.6 Å². The lowest BCUT2D eigenvalue weighted by molar-refractivity contribution is -0.139. The van der Waals surface area contributed by atoms with Gasteiger partial charge in [-0.1, -0.05) is 34.1 Å². The third kappa shape index (κ3) is 4.59. The number of rotatable bonds is 5. The van der Waals surface area contributed by atoms with E-state index < -0.39 is 29.6 Å². The number of halogens is 3. The third-order valence-electron chi connectivity index (χ3n) is 3.11. The van der Waals surface area contributed by atoms with Gasteiger partial charge in [0.1, 0.15) is 17.7 Å². The van der Waals surface area contributed by atoms with Gasteiger partial charge in [-0.3, -0.25) is 4.79 Å². The summed E-state index contributed by atoms with van der Waals surface area (Å²) in [5.41, 5.74) is 0.409. The van der Waals surface area contributed by atoms with E-state index in [2.05, 4.69) is 21.2 Å². The van der Waals surface area contributed by atoms with Gasteiger partial charge in [0, 0.05) is 22.5 Å². The summed E-state index contributed by atoms with van der Waals surface area (Å²) in [6.45, 7) is 0. The SMILES string of the molecule is O=C(N[C@H](Cc1ccccc1Br)C(=O)O)c1cc(F)cc(F)c1. The van der Waals surface area contributed by atoms with Crippen LogP contribution in [0.25, 0.3) is 0 Å². The van der Waals surface area contributed by atoms with Crippen LogP contribution in [0.3, 0.4) is 0 Å². The van der Waals surface area contributed by atoms with Gasteiger partial charge in [-0.15, -0.1) is 0 Å². The zero-order valence-corrected chi connectivity index (χ0v) is 13.3. The highest BCUT2D eigenvalue weighted by atomic mass is 79.9. The molecular formula is C16H12BrF2NO3. The highest BCUT2D eigenvalue weighted by molar-refractivity contribution is 9.10. The van der Waals surface area contributed by atoms with Crippen molar-refractivity contribution in [2.24, 2.45) is 0 Å². The molecule has 7 heteroatoms. The zero-order chi connectivity index (χ0) is 17.0. The molecular weight excluding hydrogens is 372 g/mol. The van der Waals surface area contributed by atoms with E-state index >= 15 is 0 Å². The molecule has 0 heterocycles. The molecule has 0 radical (unpaired) electrons. The van der Waals surface area contributed by atoms with Crippen LogP contribution in [0.4, 0.5) is 8.78 Å². The maximum atomic E-state index is 13.1. The van der Waals surface area contributed by atoms with E-state index in [1.165, 1.54) is 0 Å². The summed E-state index contributed by atoms with van der Waals surface area (Å²) < 4.78 is 27.0. The van der Waals surface area contributed by atoms with Crippen LogP contribution >= 0.6 is 15.9 Å². The first kappa shape index (κ1) is 17.1. The minimum Gasteiger partial charge on any atom is -0.480 e. The van der Waals surface area contributed by atoms with Crippen molar-refractivity contribution in [1.29, 1.82) is 0 Å². The Morgan fingerprint density at radius 1 is 1.13 bits per heavy atom. The van der Waals surface area contributed by atoms with Gasteiger partial charge in [0.25, 0.3) is 5.91 Å². The Morgan fingerprint density at radius 3 is 2.30 bits per heavy atom. The number of carboxylic acid groups (broad SMARTS) is 1. The fraction of sp³-hybridized carbons (Fsp3) is 0.125. The third-order valence-corrected chi connectivity index (χ3v) is 3.88. The summed E-state index contributed by atoms with van der Waals surface area (Å²) in [6.07, 6.45) is 0.0281. The lowest BCUT2D eigenvalue weighted by atomic mass is 10.1. The number of benzene rings is 2. The maximum Gasteiger partial charge on any atom is 0.326 e. The van der Waals surface area contributed by atoms with Crippen LogP contribution in [0, 0.1) is 11.6 Å². The molecule has 1 amide bonds. The first-order valence-corrected chi connectivity index (χ1v) is 7.39. The largest absolute Gasteiger partial charge is 0.480 e. The molecule has 0 aliphatic heterocycles. The van der Waals surface area contributed by atoms with Gasteiger partial charge in [0.05, 0.1) is 0 Å². The molecule has 4 nitrogen and oxygen atoms in total. The zero-order valence-electron chi connectivity index (χ0n) is 11.7. The highest BCUT2D eigenvalue weighted by Gasteiger charge is 2.22. The summed E-state index contributed by atoms with van der Waals surface area (Å²) in [6, 6.07) is 8.07. The van der Waals surface area contributed by atoms with E-state index in [-0.39, 0.29) is 12.0 Å². The number of hydrogen-bond acceptors (Lipinski definition) is 2. The Balaban J connectivity index is 2.18. The molecule has 0 unspecified atom stereocenters. The van der Waals surface area contributed by atoms with Crippen molar-refractivity contribution in [2.75, 3.05) is 0 Å². The van der Waals surface area contributed by atoms with Gasteiger partial charge < -0.3 is 10.4 Å². The molecule has 0 saturated carbocycles. The average Bonchev–Trinajstić information content (AvgIpc) is 2.47. The average molecular weight is 384 g/mol. The van der Waals surface area contributed by atoms with E-state index in [1.807, 2.05) is 0 Å². The normalized spacial score (nSPS) is 11.8. The Kier molecular flexibility index (Phi) is 5.44. The molecule has 1 atom stereocenters. The predicted molar refractivity (Wildman–Crippen MR) is 83.1 cm³/mol. The van der Waals surface area contributed by atoms with E-state index in [1.54, 1.807) is 24.3 Å². The first-order valence-electron chi connectivity index (χ1n) is 6.60. The van der Waals surface area contributed by atoms with Crippen molar-refractivity contribution in [3.63, 3.8) is 0 Å². The molecule has 23 heavy (non-hydrogen) atoms. The summed E-state index contributed by atoms with van der Waals surface area (Å²) in [5.74, 6) is -3.92. The summed E-state index contributed by atoms with van der Waals surface area (Å²) in [7, 11) is 0. The van der Waals surface area contributed by atoms with Crippen LogP contribution in [0.1, 0.15) is 15.9 Å². The first-order chi connectivity index (χ1) is 10.9. The smallest absolute Gasteiger partial charge is 0.326 e. The van der Waals surface area contributed by atoms with Crippen molar-refractivity contribution >= 4 is 27.8 Å². The van der Waals surface area contributed by atoms with Crippen LogP contribution in [0.15, 0.2) is 46.9 Å². The number of carboxylic acids is 1. The van der Waals surface area contributed by atoms with Crippen molar-refractivity contribution in [3.8, 4) is 0 Å². The minimum absolute atomic E-state index is 0.0281. The summed E-state index contributed by atoms with van der Waals surface area (Å²) in [5, 5.41) is 11.5. The van der Waals surface area contributed by atoms with Gasteiger partial charge in [-0.2, -0.15) is 0 Å². The van der Waals surface area contributed by atoms with Gasteiger partial charge in [-0.05, 0) is 23.8 Å². The molecule has 0 bridgehead atoms. The molecule has 2 N–H and O–H groups in total. The van der Waals surface area contributed by atoms with Crippen molar-refractivity contribution < 1.29 is 23.5 Å². The van der Waals surface area contributed by atoms with E-state index in [9.17, 15) is 23.5 Å². The van der Waals surface area contributed by atoms with Gasteiger partial charge in [0.15, 0.2) is 0 Å². The Bertz CT molecular complexity index is 732. The minimum atomic E-state index is -1.24. The molecule has 2 rings (SSSR count). The van der Waals surface area contributed by atoms with E-state index in [0.717, 1.165) is 12.1 Å². The van der Waals surface area contributed by atoms with E-state index in [4.69, 9.17) is 0 Å². The standard InChI is InChI=1S/C16H12BrF2NO3/c17-13-4-2-1-3-9(13)7-14(16(22)23)20-15(21)10-5-11(18)8-12(19)6-10/h1-6,8,14H,7H2,(H,20,21)(H,22,23)/t14-/m1/s1. The molecule has 0 spiro atoms. The maximum absolute atomic E-state index is 13.1. The Morgan fingerprint density at radius 2 is 1.74 bits per heavy atom. The fourth-order valence-electron chi connectivity index (χ4n) is 2.01. The molecule has 2 aromatic rings.